The third-order valence-electron chi connectivity index (χ3n) is 6.44. The monoisotopic (exact) mass is 544 g/mol. The quantitative estimate of drug-likeness (QED) is 0.275. The molecule has 0 spiro atoms. The van der Waals surface area contributed by atoms with Gasteiger partial charge in [0.1, 0.15) is 6.04 Å². The molecule has 3 rings (SSSR count). The minimum absolute atomic E-state index is 0.0710. The van der Waals surface area contributed by atoms with Gasteiger partial charge in [-0.1, -0.05) is 66.2 Å². The van der Waals surface area contributed by atoms with E-state index in [1.54, 1.807) is 4.90 Å². The van der Waals surface area contributed by atoms with E-state index in [2.05, 4.69) is 11.4 Å². The molecule has 0 unspecified atom stereocenters. The van der Waals surface area contributed by atoms with Crippen LogP contribution in [0.5, 0.6) is 11.5 Å². The Hall–Kier alpha value is -3.80. The number of rotatable bonds is 13. The molecule has 0 aliphatic carbocycles. The molecule has 0 fully saturated rings. The van der Waals surface area contributed by atoms with Gasteiger partial charge in [0.15, 0.2) is 11.5 Å². The first-order chi connectivity index (χ1) is 19.1. The highest BCUT2D eigenvalue weighted by molar-refractivity contribution is 5.88. The summed E-state index contributed by atoms with van der Waals surface area (Å²) in [4.78, 5) is 29.4. The minimum Gasteiger partial charge on any atom is -0.490 e. The summed E-state index contributed by atoms with van der Waals surface area (Å²) < 4.78 is 11.5. The van der Waals surface area contributed by atoms with Gasteiger partial charge in [-0.2, -0.15) is 0 Å². The van der Waals surface area contributed by atoms with Crippen LogP contribution in [0.3, 0.4) is 0 Å². The number of nitrogens with one attached hydrogen (secondary N) is 1. The molecule has 0 saturated heterocycles. The number of carbonyl (C=O) groups excluding carboxylic acids is 2. The van der Waals surface area contributed by atoms with E-state index in [-0.39, 0.29) is 18.2 Å². The summed E-state index contributed by atoms with van der Waals surface area (Å²) in [6.45, 7) is 13.2. The SMILES string of the molecule is CCOc1ccc(CCC(=O)N(Cc2cccc(C)c2)[C@H](Cc2ccccc2)C(=O)NC(C)(C)C)cc1OCC. The van der Waals surface area contributed by atoms with Gasteiger partial charge in [-0.15, -0.1) is 0 Å². The summed E-state index contributed by atoms with van der Waals surface area (Å²) in [5.41, 5.74) is 3.67. The number of ether oxygens (including phenoxy) is 2. The predicted molar refractivity (Wildman–Crippen MR) is 161 cm³/mol. The summed E-state index contributed by atoms with van der Waals surface area (Å²) in [7, 11) is 0. The van der Waals surface area contributed by atoms with Crippen molar-refractivity contribution >= 4 is 11.8 Å². The molecule has 0 bridgehead atoms. The number of amides is 2. The Labute approximate surface area is 239 Å². The van der Waals surface area contributed by atoms with Crippen LogP contribution in [-0.2, 0) is 29.0 Å². The Kier molecular flexibility index (Phi) is 11.2. The van der Waals surface area contributed by atoms with Crippen molar-refractivity contribution in [2.24, 2.45) is 0 Å². The molecule has 40 heavy (non-hydrogen) atoms. The molecule has 3 aromatic rings. The van der Waals surface area contributed by atoms with E-state index in [1.807, 2.05) is 108 Å². The fourth-order valence-electron chi connectivity index (χ4n) is 4.66. The zero-order valence-electron chi connectivity index (χ0n) is 24.8. The van der Waals surface area contributed by atoms with Crippen molar-refractivity contribution in [3.05, 3.63) is 95.1 Å². The summed E-state index contributed by atoms with van der Waals surface area (Å²) >= 11 is 0. The third kappa shape index (κ3) is 9.44. The summed E-state index contributed by atoms with van der Waals surface area (Å²) in [6.07, 6.45) is 1.21. The second-order valence-corrected chi connectivity index (χ2v) is 11.1. The van der Waals surface area contributed by atoms with Crippen LogP contribution >= 0.6 is 0 Å². The molecular formula is C34H44N2O4. The molecule has 0 aliphatic rings. The number of aryl methyl sites for hydroxylation is 2. The van der Waals surface area contributed by atoms with Crippen LogP contribution in [0, 0.1) is 6.92 Å². The van der Waals surface area contributed by atoms with E-state index in [1.165, 1.54) is 0 Å². The van der Waals surface area contributed by atoms with Crippen molar-refractivity contribution in [2.45, 2.75) is 78.9 Å². The van der Waals surface area contributed by atoms with Crippen LogP contribution in [0.4, 0.5) is 0 Å². The Balaban J connectivity index is 1.92. The van der Waals surface area contributed by atoms with E-state index >= 15 is 0 Å². The van der Waals surface area contributed by atoms with Crippen molar-refractivity contribution in [1.29, 1.82) is 0 Å². The highest BCUT2D eigenvalue weighted by Crippen LogP contribution is 2.29. The van der Waals surface area contributed by atoms with Gasteiger partial charge in [0.05, 0.1) is 13.2 Å². The second kappa shape index (κ2) is 14.5. The molecule has 0 aliphatic heterocycles. The van der Waals surface area contributed by atoms with Gasteiger partial charge in [0, 0.05) is 24.9 Å². The molecule has 6 heteroatoms. The number of benzene rings is 3. The van der Waals surface area contributed by atoms with Gasteiger partial charge in [0.2, 0.25) is 11.8 Å². The molecular weight excluding hydrogens is 500 g/mol. The third-order valence-corrected chi connectivity index (χ3v) is 6.44. The smallest absolute Gasteiger partial charge is 0.243 e. The van der Waals surface area contributed by atoms with Crippen LogP contribution in [0.25, 0.3) is 0 Å². The number of hydrogen-bond donors (Lipinski definition) is 1. The molecule has 214 valence electrons. The van der Waals surface area contributed by atoms with E-state index < -0.39 is 11.6 Å². The number of hydrogen-bond acceptors (Lipinski definition) is 4. The molecule has 0 saturated carbocycles. The molecule has 0 heterocycles. The summed E-state index contributed by atoms with van der Waals surface area (Å²) in [6, 6.07) is 23.1. The van der Waals surface area contributed by atoms with Gasteiger partial charge in [-0.05, 0) is 76.8 Å². The first-order valence-corrected chi connectivity index (χ1v) is 14.2. The Morgan fingerprint density at radius 1 is 0.825 bits per heavy atom. The molecule has 6 nitrogen and oxygen atoms in total. The number of nitrogens with zero attached hydrogens (tertiary/aromatic N) is 1. The van der Waals surface area contributed by atoms with Gasteiger partial charge >= 0.3 is 0 Å². The lowest BCUT2D eigenvalue weighted by Gasteiger charge is -2.34. The van der Waals surface area contributed by atoms with E-state index in [0.29, 0.717) is 44.1 Å². The average Bonchev–Trinajstić information content (AvgIpc) is 2.90. The van der Waals surface area contributed by atoms with Crippen molar-refractivity contribution < 1.29 is 19.1 Å². The van der Waals surface area contributed by atoms with Gasteiger partial charge in [-0.25, -0.2) is 0 Å². The topological polar surface area (TPSA) is 67.9 Å². The zero-order chi connectivity index (χ0) is 29.1. The van der Waals surface area contributed by atoms with Crippen molar-refractivity contribution in [2.75, 3.05) is 13.2 Å². The van der Waals surface area contributed by atoms with Crippen LogP contribution in [0.2, 0.25) is 0 Å². The molecule has 1 atom stereocenters. The second-order valence-electron chi connectivity index (χ2n) is 11.1. The van der Waals surface area contributed by atoms with Crippen LogP contribution < -0.4 is 14.8 Å². The fourth-order valence-corrected chi connectivity index (χ4v) is 4.66. The van der Waals surface area contributed by atoms with Gasteiger partial charge < -0.3 is 19.7 Å². The fraction of sp³-hybridized carbons (Fsp3) is 0.412. The summed E-state index contributed by atoms with van der Waals surface area (Å²) in [5.74, 6) is 1.15. The highest BCUT2D eigenvalue weighted by Gasteiger charge is 2.32. The first-order valence-electron chi connectivity index (χ1n) is 14.2. The van der Waals surface area contributed by atoms with Gasteiger partial charge in [-0.3, -0.25) is 9.59 Å². The maximum Gasteiger partial charge on any atom is 0.243 e. The molecule has 0 radical (unpaired) electrons. The standard InChI is InChI=1S/C34H44N2O4/c1-7-39-30-19-17-27(23-31(30)40-8-2)18-20-32(37)36(24-28-16-12-13-25(3)21-28)29(33(38)35-34(4,5)6)22-26-14-10-9-11-15-26/h9-17,19,21,23,29H,7-8,18,20,22,24H2,1-6H3,(H,35,38)/t29-/m1/s1. The van der Waals surface area contributed by atoms with Crippen molar-refractivity contribution in [3.8, 4) is 11.5 Å². The maximum atomic E-state index is 14.0. The van der Waals surface area contributed by atoms with E-state index in [4.69, 9.17) is 9.47 Å². The lowest BCUT2D eigenvalue weighted by atomic mass is 9.99. The Bertz CT molecular complexity index is 1250. The van der Waals surface area contributed by atoms with E-state index in [0.717, 1.165) is 22.3 Å². The number of carbonyl (C=O) groups is 2. The van der Waals surface area contributed by atoms with Gasteiger partial charge in [0.25, 0.3) is 0 Å². The summed E-state index contributed by atoms with van der Waals surface area (Å²) in [5, 5.41) is 3.12. The van der Waals surface area contributed by atoms with E-state index in [9.17, 15) is 9.59 Å². The highest BCUT2D eigenvalue weighted by atomic mass is 16.5. The Morgan fingerprint density at radius 3 is 2.15 bits per heavy atom. The first kappa shape index (κ1) is 30.7. The zero-order valence-corrected chi connectivity index (χ0v) is 24.8. The van der Waals surface area contributed by atoms with Crippen molar-refractivity contribution in [1.82, 2.24) is 10.2 Å². The normalized spacial score (nSPS) is 11.9. The largest absolute Gasteiger partial charge is 0.490 e. The predicted octanol–water partition coefficient (Wildman–Crippen LogP) is 6.28. The molecule has 0 aromatic heterocycles. The molecule has 1 N–H and O–H groups in total. The lowest BCUT2D eigenvalue weighted by Crippen LogP contribution is -2.54. The van der Waals surface area contributed by atoms with Crippen LogP contribution in [0.15, 0.2) is 72.8 Å². The maximum absolute atomic E-state index is 14.0. The Morgan fingerprint density at radius 2 is 1.50 bits per heavy atom. The van der Waals surface area contributed by atoms with Crippen LogP contribution in [0.1, 0.15) is 63.3 Å². The van der Waals surface area contributed by atoms with Crippen molar-refractivity contribution in [3.63, 3.8) is 0 Å². The molecule has 3 aromatic carbocycles. The minimum atomic E-state index is -0.658. The molecule has 2 amide bonds. The average molecular weight is 545 g/mol. The lowest BCUT2D eigenvalue weighted by molar-refractivity contribution is -0.141. The van der Waals surface area contributed by atoms with Crippen LogP contribution in [-0.4, -0.2) is 41.5 Å².